The molecule has 3 aromatic rings. The number of carbonyl (C=O) groups is 2. The molecule has 0 bridgehead atoms. The van der Waals surface area contributed by atoms with Gasteiger partial charge in [-0.05, 0) is 65.2 Å². The zero-order valence-electron chi connectivity index (χ0n) is 20.3. The largest absolute Gasteiger partial charge is 0.466 e. The number of esters is 1. The van der Waals surface area contributed by atoms with E-state index in [0.29, 0.717) is 33.4 Å². The van der Waals surface area contributed by atoms with Crippen LogP contribution in [0.15, 0.2) is 77.8 Å². The van der Waals surface area contributed by atoms with Gasteiger partial charge in [0.15, 0.2) is 0 Å². The molecule has 4 rings (SSSR count). The van der Waals surface area contributed by atoms with E-state index in [4.69, 9.17) is 16.6 Å². The van der Waals surface area contributed by atoms with Gasteiger partial charge in [-0.2, -0.15) is 0 Å². The molecular weight excluding hydrogens is 514 g/mol. The first kappa shape index (κ1) is 26.1. The predicted octanol–water partition coefficient (Wildman–Crippen LogP) is 4.78. The number of sulfonamides is 1. The van der Waals surface area contributed by atoms with Crippen LogP contribution < -0.4 is 9.62 Å². The number of anilines is 2. The van der Waals surface area contributed by atoms with Crippen molar-refractivity contribution in [3.63, 3.8) is 0 Å². The summed E-state index contributed by atoms with van der Waals surface area (Å²) in [5, 5.41) is 3.37. The van der Waals surface area contributed by atoms with Crippen LogP contribution in [0.1, 0.15) is 22.6 Å². The highest BCUT2D eigenvalue weighted by Crippen LogP contribution is 2.38. The number of halogens is 1. The number of hydrogen-bond donors (Lipinski definition) is 1. The summed E-state index contributed by atoms with van der Waals surface area (Å²) in [6.45, 7) is 0. The van der Waals surface area contributed by atoms with Crippen molar-refractivity contribution in [2.75, 3.05) is 30.0 Å². The van der Waals surface area contributed by atoms with Crippen LogP contribution in [0.25, 0.3) is 6.08 Å². The summed E-state index contributed by atoms with van der Waals surface area (Å²) in [4.78, 5) is 29.6. The predicted molar refractivity (Wildman–Crippen MR) is 146 cm³/mol. The summed E-state index contributed by atoms with van der Waals surface area (Å²) in [7, 11) is -0.646. The van der Waals surface area contributed by atoms with Crippen molar-refractivity contribution in [1.29, 1.82) is 0 Å². The Bertz CT molecular complexity index is 1530. The van der Waals surface area contributed by atoms with Gasteiger partial charge in [-0.25, -0.2) is 13.2 Å². The number of methoxy groups -OCH3 is 1. The molecule has 3 aromatic carbocycles. The Balaban J connectivity index is 1.82. The quantitative estimate of drug-likeness (QED) is 0.265. The fourth-order valence-corrected chi connectivity index (χ4v) is 4.58. The lowest BCUT2D eigenvalue weighted by Crippen LogP contribution is -2.24. The van der Waals surface area contributed by atoms with Crippen LogP contribution in [0.5, 0.6) is 0 Å². The molecule has 0 saturated carbocycles. The maximum atomic E-state index is 13.2. The van der Waals surface area contributed by atoms with Crippen molar-refractivity contribution >= 4 is 62.4 Å². The Kier molecular flexibility index (Phi) is 7.47. The molecule has 1 aliphatic heterocycles. The van der Waals surface area contributed by atoms with E-state index in [2.05, 4.69) is 10.1 Å². The van der Waals surface area contributed by atoms with Gasteiger partial charge in [-0.1, -0.05) is 35.9 Å². The van der Waals surface area contributed by atoms with Crippen molar-refractivity contribution in [2.45, 2.75) is 5.92 Å². The molecule has 0 aliphatic carbocycles. The zero-order chi connectivity index (χ0) is 26.7. The van der Waals surface area contributed by atoms with Crippen molar-refractivity contribution in [1.82, 2.24) is 0 Å². The molecule has 1 amide bonds. The van der Waals surface area contributed by atoms with Crippen LogP contribution in [0.4, 0.5) is 17.1 Å². The Labute approximate surface area is 220 Å². The molecule has 0 aromatic heterocycles. The molecule has 1 N–H and O–H groups in total. The zero-order valence-corrected chi connectivity index (χ0v) is 21.9. The van der Waals surface area contributed by atoms with Gasteiger partial charge in [-0.15, -0.1) is 0 Å². The number of nitrogens with one attached hydrogen (secondary N) is 1. The van der Waals surface area contributed by atoms with Crippen LogP contribution in [0, 0.1) is 0 Å². The van der Waals surface area contributed by atoms with Gasteiger partial charge in [0.05, 0.1) is 30.5 Å². The van der Waals surface area contributed by atoms with Crippen LogP contribution >= 0.6 is 11.6 Å². The molecule has 1 heterocycles. The Morgan fingerprint density at radius 2 is 1.84 bits per heavy atom. The third-order valence-corrected chi connectivity index (χ3v) is 7.32. The number of amides is 1. The minimum Gasteiger partial charge on any atom is -0.466 e. The molecule has 1 atom stereocenters. The van der Waals surface area contributed by atoms with Gasteiger partial charge in [0.25, 0.3) is 0 Å². The first-order valence-electron chi connectivity index (χ1n) is 11.2. The molecule has 190 valence electrons. The highest BCUT2D eigenvalue weighted by molar-refractivity contribution is 7.92. The Morgan fingerprint density at radius 1 is 1.11 bits per heavy atom. The number of hydrogen-bond acceptors (Lipinski definition) is 6. The maximum absolute atomic E-state index is 13.2. The van der Waals surface area contributed by atoms with Crippen LogP contribution in [-0.4, -0.2) is 46.4 Å². The molecule has 1 unspecified atom stereocenters. The lowest BCUT2D eigenvalue weighted by molar-refractivity contribution is -0.134. The van der Waals surface area contributed by atoms with Gasteiger partial charge >= 0.3 is 5.97 Å². The number of fused-ring (bicyclic) bond motifs is 1. The second-order valence-corrected chi connectivity index (χ2v) is 10.8. The van der Waals surface area contributed by atoms with Gasteiger partial charge in [-0.3, -0.25) is 14.1 Å². The summed E-state index contributed by atoms with van der Waals surface area (Å²) in [6.07, 6.45) is 4.05. The minimum atomic E-state index is -3.42. The third-order valence-electron chi connectivity index (χ3n) is 5.88. The van der Waals surface area contributed by atoms with Crippen molar-refractivity contribution < 1.29 is 22.7 Å². The summed E-state index contributed by atoms with van der Waals surface area (Å²) < 4.78 is 29.6. The summed E-state index contributed by atoms with van der Waals surface area (Å²) >= 11 is 6.14. The summed E-state index contributed by atoms with van der Waals surface area (Å²) in [6, 6.07) is 19.2. The Hall–Kier alpha value is -3.95. The van der Waals surface area contributed by atoms with Crippen LogP contribution in [0.2, 0.25) is 5.02 Å². The fourth-order valence-electron chi connectivity index (χ4n) is 3.90. The number of nitrogens with zero attached hydrogens (tertiary/aromatic N) is 2. The fraction of sp³-hybridized carbons (Fsp3) is 0.148. The molecule has 1 aliphatic rings. The van der Waals surface area contributed by atoms with E-state index in [1.165, 1.54) is 24.5 Å². The van der Waals surface area contributed by atoms with Crippen LogP contribution in [-0.2, 0) is 24.3 Å². The highest BCUT2D eigenvalue weighted by Gasteiger charge is 2.35. The summed E-state index contributed by atoms with van der Waals surface area (Å²) in [5.74, 6) is -1.45. The molecule has 0 fully saturated rings. The number of ether oxygens (including phenoxy) is 1. The van der Waals surface area contributed by atoms with Crippen molar-refractivity contribution in [3.05, 3.63) is 94.5 Å². The molecule has 10 heteroatoms. The third kappa shape index (κ3) is 5.90. The second-order valence-electron chi connectivity index (χ2n) is 8.38. The maximum Gasteiger partial charge on any atom is 0.330 e. The second kappa shape index (κ2) is 10.6. The van der Waals surface area contributed by atoms with E-state index in [-0.39, 0.29) is 5.91 Å². The topological polar surface area (TPSA) is 105 Å². The molecular formula is C27H24ClN3O5S. The average Bonchev–Trinajstić information content (AvgIpc) is 3.19. The lowest BCUT2D eigenvalue weighted by atomic mass is 9.90. The van der Waals surface area contributed by atoms with Gasteiger partial charge in [0.2, 0.25) is 15.9 Å². The van der Waals surface area contributed by atoms with E-state index in [9.17, 15) is 18.0 Å². The van der Waals surface area contributed by atoms with Crippen molar-refractivity contribution in [2.24, 2.45) is 4.99 Å². The lowest BCUT2D eigenvalue weighted by Gasteiger charge is -2.17. The summed E-state index contributed by atoms with van der Waals surface area (Å²) in [5.41, 5.74) is 4.24. The van der Waals surface area contributed by atoms with Crippen LogP contribution in [0.3, 0.4) is 0 Å². The molecule has 8 nitrogen and oxygen atoms in total. The Morgan fingerprint density at radius 3 is 2.51 bits per heavy atom. The number of carbonyl (C=O) groups excluding carboxylic acids is 2. The molecule has 0 spiro atoms. The minimum absolute atomic E-state index is 0.250. The van der Waals surface area contributed by atoms with Crippen molar-refractivity contribution in [3.8, 4) is 0 Å². The normalized spacial score (nSPS) is 15.4. The molecule has 0 radical (unpaired) electrons. The number of benzene rings is 3. The monoisotopic (exact) mass is 537 g/mol. The highest BCUT2D eigenvalue weighted by atomic mass is 35.5. The van der Waals surface area contributed by atoms with E-state index in [1.54, 1.807) is 48.5 Å². The first-order chi connectivity index (χ1) is 17.6. The van der Waals surface area contributed by atoms with Gasteiger partial charge in [0, 0.05) is 23.8 Å². The standard InChI is InChI=1S/C27H24ClN3O5S/c1-31(37(3,34)35)21-11-9-20(10-12-21)29-26(18-6-4-5-17(15-18)7-14-24(32)36-2)25-22-13-8-19(28)16-23(22)30-27(25)33/h4-16,25H,1-3H3,(H,30,33). The van der Waals surface area contributed by atoms with E-state index >= 15 is 0 Å². The number of rotatable bonds is 7. The van der Waals surface area contributed by atoms with Gasteiger partial charge < -0.3 is 10.1 Å². The van der Waals surface area contributed by atoms with E-state index in [1.807, 2.05) is 24.3 Å². The van der Waals surface area contributed by atoms with E-state index in [0.717, 1.165) is 17.4 Å². The SMILES string of the molecule is COC(=O)C=Cc1cccc(C(=Nc2ccc(N(C)S(C)(=O)=O)cc2)C2C(=O)Nc3cc(Cl)ccc32)c1. The van der Waals surface area contributed by atoms with Gasteiger partial charge in [0.1, 0.15) is 5.92 Å². The molecule has 0 saturated heterocycles. The van der Waals surface area contributed by atoms with E-state index < -0.39 is 21.9 Å². The smallest absolute Gasteiger partial charge is 0.330 e. The molecule has 37 heavy (non-hydrogen) atoms. The number of aliphatic imine (C=N–C) groups is 1. The first-order valence-corrected chi connectivity index (χ1v) is 13.4. The average molecular weight is 538 g/mol.